The summed E-state index contributed by atoms with van der Waals surface area (Å²) in [6, 6.07) is 35.1. The van der Waals surface area contributed by atoms with Crippen molar-refractivity contribution in [2.45, 2.75) is 56.9 Å². The van der Waals surface area contributed by atoms with Crippen molar-refractivity contribution < 1.29 is 33.2 Å². The SMILES string of the molecule is O[C@@]1(F)O[C@H](COCc2ccccc2)[C@@H](OCc2ccccc2)[C@H](OCc2ccccc2)[C@H]1OCc1ccccc1. The van der Waals surface area contributed by atoms with E-state index >= 15 is 4.39 Å². The van der Waals surface area contributed by atoms with Crippen LogP contribution < -0.4 is 0 Å². The first kappa shape index (κ1) is 29.1. The van der Waals surface area contributed by atoms with Crippen molar-refractivity contribution in [3.05, 3.63) is 144 Å². The van der Waals surface area contributed by atoms with E-state index in [0.29, 0.717) is 6.61 Å². The molecule has 1 fully saturated rings. The number of alkyl halides is 1. The fourth-order valence-electron chi connectivity index (χ4n) is 4.80. The lowest BCUT2D eigenvalue weighted by molar-refractivity contribution is -0.418. The zero-order valence-corrected chi connectivity index (χ0v) is 22.8. The van der Waals surface area contributed by atoms with Crippen LogP contribution in [0.5, 0.6) is 0 Å². The molecule has 1 aliphatic rings. The van der Waals surface area contributed by atoms with Gasteiger partial charge in [0.2, 0.25) is 0 Å². The van der Waals surface area contributed by atoms with Gasteiger partial charge in [-0.1, -0.05) is 121 Å². The molecular formula is C34H35FO6. The standard InChI is InChI=1S/C34H35FO6/c35-34(36)33(40-24-29-19-11-4-12-20-29)32(39-23-28-17-9-3-10-18-28)31(38-22-27-15-7-2-8-16-27)30(41-34)25-37-21-26-13-5-1-6-14-26/h1-20,30-33,36H,21-25H2/t30-,31-,32+,33-,34-/m1/s1. The number of hydrogen-bond acceptors (Lipinski definition) is 6. The van der Waals surface area contributed by atoms with Gasteiger partial charge in [-0.25, -0.2) is 0 Å². The van der Waals surface area contributed by atoms with Crippen LogP contribution in [0.3, 0.4) is 0 Å². The van der Waals surface area contributed by atoms with Crippen molar-refractivity contribution in [1.82, 2.24) is 0 Å². The molecule has 1 saturated heterocycles. The third-order valence-corrected chi connectivity index (χ3v) is 6.89. The first-order valence-electron chi connectivity index (χ1n) is 13.8. The van der Waals surface area contributed by atoms with Crippen molar-refractivity contribution in [1.29, 1.82) is 0 Å². The molecule has 5 atom stereocenters. The van der Waals surface area contributed by atoms with Crippen LogP contribution in [0.25, 0.3) is 0 Å². The van der Waals surface area contributed by atoms with Gasteiger partial charge in [0.1, 0.15) is 18.3 Å². The Kier molecular flexibility index (Phi) is 10.3. The Morgan fingerprint density at radius 3 is 1.41 bits per heavy atom. The van der Waals surface area contributed by atoms with E-state index in [9.17, 15) is 5.11 Å². The third-order valence-electron chi connectivity index (χ3n) is 6.89. The number of halogens is 1. The topological polar surface area (TPSA) is 66.4 Å². The lowest BCUT2D eigenvalue weighted by atomic mass is 9.97. The summed E-state index contributed by atoms with van der Waals surface area (Å²) in [4.78, 5) is 0. The second-order valence-electron chi connectivity index (χ2n) is 10.0. The van der Waals surface area contributed by atoms with Crippen molar-refractivity contribution >= 4 is 0 Å². The van der Waals surface area contributed by atoms with Gasteiger partial charge in [0.25, 0.3) is 0 Å². The van der Waals surface area contributed by atoms with Crippen molar-refractivity contribution in [2.24, 2.45) is 0 Å². The average molecular weight is 559 g/mol. The van der Waals surface area contributed by atoms with E-state index in [4.69, 9.17) is 23.7 Å². The van der Waals surface area contributed by atoms with Gasteiger partial charge < -0.3 is 28.8 Å². The van der Waals surface area contributed by atoms with E-state index in [1.54, 1.807) is 0 Å². The predicted octanol–water partition coefficient (Wildman–Crippen LogP) is 5.97. The molecule has 1 N–H and O–H groups in total. The molecule has 0 spiro atoms. The molecule has 0 bridgehead atoms. The Morgan fingerprint density at radius 1 is 0.561 bits per heavy atom. The molecule has 0 unspecified atom stereocenters. The number of hydrogen-bond donors (Lipinski definition) is 1. The molecule has 1 heterocycles. The van der Waals surface area contributed by atoms with E-state index in [1.807, 2.05) is 121 Å². The van der Waals surface area contributed by atoms with Crippen LogP contribution in [-0.4, -0.2) is 42.2 Å². The van der Waals surface area contributed by atoms with Crippen LogP contribution in [0, 0.1) is 0 Å². The maximum atomic E-state index is 16.0. The monoisotopic (exact) mass is 558 g/mol. The van der Waals surface area contributed by atoms with Crippen LogP contribution in [0.1, 0.15) is 22.3 Å². The maximum Gasteiger partial charge on any atom is 0.348 e. The highest BCUT2D eigenvalue weighted by Crippen LogP contribution is 2.36. The van der Waals surface area contributed by atoms with E-state index in [-0.39, 0.29) is 26.4 Å². The van der Waals surface area contributed by atoms with Gasteiger partial charge in [0, 0.05) is 0 Å². The highest BCUT2D eigenvalue weighted by molar-refractivity contribution is 5.16. The molecule has 4 aromatic rings. The molecule has 0 amide bonds. The summed E-state index contributed by atoms with van der Waals surface area (Å²) in [5.74, 6) is 0. The molecule has 1 aliphatic heterocycles. The summed E-state index contributed by atoms with van der Waals surface area (Å²) in [6.07, 6.45) is -4.30. The van der Waals surface area contributed by atoms with Gasteiger partial charge in [0.15, 0.2) is 6.10 Å². The Balaban J connectivity index is 1.39. The minimum atomic E-state index is -3.15. The lowest BCUT2D eigenvalue weighted by Gasteiger charge is -2.46. The summed E-state index contributed by atoms with van der Waals surface area (Å²) in [5.41, 5.74) is 3.60. The van der Waals surface area contributed by atoms with E-state index in [0.717, 1.165) is 22.3 Å². The molecule has 6 nitrogen and oxygen atoms in total. The summed E-state index contributed by atoms with van der Waals surface area (Å²) >= 11 is 0. The summed E-state index contributed by atoms with van der Waals surface area (Å²) in [5, 5.41) is 11.0. The van der Waals surface area contributed by atoms with Gasteiger partial charge >= 0.3 is 6.04 Å². The summed E-state index contributed by atoms with van der Waals surface area (Å²) < 4.78 is 46.2. The summed E-state index contributed by atoms with van der Waals surface area (Å²) in [6.45, 7) is 0.700. The highest BCUT2D eigenvalue weighted by atomic mass is 19.2. The molecule has 0 radical (unpaired) electrons. The number of rotatable bonds is 13. The molecule has 214 valence electrons. The van der Waals surface area contributed by atoms with Gasteiger partial charge in [-0.2, -0.15) is 4.39 Å². The minimum absolute atomic E-state index is 0.0306. The lowest BCUT2D eigenvalue weighted by Crippen LogP contribution is -2.65. The molecule has 5 rings (SSSR count). The molecule has 7 heteroatoms. The fraction of sp³-hybridized carbons (Fsp3) is 0.294. The van der Waals surface area contributed by atoms with Gasteiger partial charge in [-0.05, 0) is 22.3 Å². The normalized spacial score (nSPS) is 24.2. The maximum absolute atomic E-state index is 16.0. The average Bonchev–Trinajstić information content (AvgIpc) is 3.01. The van der Waals surface area contributed by atoms with Gasteiger partial charge in [-0.15, -0.1) is 0 Å². The number of aliphatic hydroxyl groups is 1. The number of benzene rings is 4. The van der Waals surface area contributed by atoms with E-state index in [2.05, 4.69) is 0 Å². The van der Waals surface area contributed by atoms with Crippen molar-refractivity contribution in [3.8, 4) is 0 Å². The van der Waals surface area contributed by atoms with Crippen LogP contribution >= 0.6 is 0 Å². The highest BCUT2D eigenvalue weighted by Gasteiger charge is 2.57. The first-order valence-corrected chi connectivity index (χ1v) is 13.8. The van der Waals surface area contributed by atoms with Crippen LogP contribution in [0.4, 0.5) is 4.39 Å². The second kappa shape index (κ2) is 14.5. The second-order valence-corrected chi connectivity index (χ2v) is 10.0. The van der Waals surface area contributed by atoms with Gasteiger partial charge in [-0.3, -0.25) is 0 Å². The first-order chi connectivity index (χ1) is 20.1. The molecule has 4 aromatic carbocycles. The Morgan fingerprint density at radius 2 is 0.951 bits per heavy atom. The van der Waals surface area contributed by atoms with Crippen LogP contribution in [0.2, 0.25) is 0 Å². The quantitative estimate of drug-likeness (QED) is 0.218. The van der Waals surface area contributed by atoms with E-state index < -0.39 is 30.5 Å². The van der Waals surface area contributed by atoms with Gasteiger partial charge in [0.05, 0.1) is 33.0 Å². The van der Waals surface area contributed by atoms with Crippen LogP contribution in [0.15, 0.2) is 121 Å². The minimum Gasteiger partial charge on any atom is -0.374 e. The smallest absolute Gasteiger partial charge is 0.348 e. The zero-order valence-electron chi connectivity index (χ0n) is 22.8. The molecular weight excluding hydrogens is 523 g/mol. The van der Waals surface area contributed by atoms with E-state index in [1.165, 1.54) is 0 Å². The Labute approximate surface area is 240 Å². The Bertz CT molecular complexity index is 1290. The third kappa shape index (κ3) is 8.30. The fourth-order valence-corrected chi connectivity index (χ4v) is 4.80. The zero-order chi connectivity index (χ0) is 28.3. The molecule has 0 aromatic heterocycles. The number of ether oxygens (including phenoxy) is 5. The largest absolute Gasteiger partial charge is 0.374 e. The van der Waals surface area contributed by atoms with Crippen LogP contribution in [-0.2, 0) is 50.1 Å². The molecule has 41 heavy (non-hydrogen) atoms. The molecule has 0 saturated carbocycles. The van der Waals surface area contributed by atoms with Crippen molar-refractivity contribution in [3.63, 3.8) is 0 Å². The van der Waals surface area contributed by atoms with Crippen molar-refractivity contribution in [2.75, 3.05) is 6.61 Å². The summed E-state index contributed by atoms with van der Waals surface area (Å²) in [7, 11) is 0. The molecule has 0 aliphatic carbocycles. The Hall–Kier alpha value is -3.43. The predicted molar refractivity (Wildman–Crippen MR) is 152 cm³/mol.